The number of benzene rings is 1. The number of urea groups is 1. The number of halogens is 3. The first-order valence-corrected chi connectivity index (χ1v) is 5.38. The zero-order valence-electron chi connectivity index (χ0n) is 9.96. The third kappa shape index (κ3) is 5.80. The summed E-state index contributed by atoms with van der Waals surface area (Å²) in [6, 6.07) is 5.10. The summed E-state index contributed by atoms with van der Waals surface area (Å²) in [4.78, 5) is 11.2. The van der Waals surface area contributed by atoms with Gasteiger partial charge in [0.1, 0.15) is 5.75 Å². The minimum absolute atomic E-state index is 0.0742. The minimum atomic E-state index is -4.76. The SMILES string of the molecule is C=CCNC(=O)NCc1ccccc1OC(F)(F)F. The Morgan fingerprint density at radius 3 is 2.63 bits per heavy atom. The number of carbonyl (C=O) groups excluding carboxylic acids is 1. The molecule has 104 valence electrons. The summed E-state index contributed by atoms with van der Waals surface area (Å²) in [5, 5.41) is 4.85. The van der Waals surface area contributed by atoms with Gasteiger partial charge < -0.3 is 15.4 Å². The van der Waals surface area contributed by atoms with E-state index in [1.165, 1.54) is 24.3 Å². The van der Waals surface area contributed by atoms with Crippen molar-refractivity contribution in [3.05, 3.63) is 42.5 Å². The second-order valence-corrected chi connectivity index (χ2v) is 3.51. The maximum Gasteiger partial charge on any atom is 0.573 e. The molecule has 0 bridgehead atoms. The van der Waals surface area contributed by atoms with Gasteiger partial charge >= 0.3 is 12.4 Å². The van der Waals surface area contributed by atoms with Crippen molar-refractivity contribution in [3.8, 4) is 5.75 Å². The molecule has 2 amide bonds. The molecule has 0 radical (unpaired) electrons. The molecule has 4 nitrogen and oxygen atoms in total. The van der Waals surface area contributed by atoms with Gasteiger partial charge in [0.2, 0.25) is 0 Å². The van der Waals surface area contributed by atoms with Gasteiger partial charge in [0.25, 0.3) is 0 Å². The molecule has 1 aromatic rings. The van der Waals surface area contributed by atoms with Gasteiger partial charge in [-0.1, -0.05) is 24.3 Å². The number of rotatable bonds is 5. The molecule has 0 unspecified atom stereocenters. The lowest BCUT2D eigenvalue weighted by Crippen LogP contribution is -2.35. The first-order valence-electron chi connectivity index (χ1n) is 5.38. The predicted octanol–water partition coefficient (Wildman–Crippen LogP) is 2.57. The average molecular weight is 274 g/mol. The van der Waals surface area contributed by atoms with Gasteiger partial charge in [0, 0.05) is 18.7 Å². The molecule has 7 heteroatoms. The van der Waals surface area contributed by atoms with Crippen LogP contribution in [0.5, 0.6) is 5.75 Å². The molecule has 1 rings (SSSR count). The number of ether oxygens (including phenoxy) is 1. The zero-order valence-corrected chi connectivity index (χ0v) is 9.96. The topological polar surface area (TPSA) is 50.4 Å². The van der Waals surface area contributed by atoms with Crippen LogP contribution >= 0.6 is 0 Å². The molecular formula is C12H13F3N2O2. The van der Waals surface area contributed by atoms with Crippen LogP contribution in [0.2, 0.25) is 0 Å². The maximum atomic E-state index is 12.2. The smallest absolute Gasteiger partial charge is 0.405 e. The van der Waals surface area contributed by atoms with Gasteiger partial charge in [0.05, 0.1) is 0 Å². The van der Waals surface area contributed by atoms with Crippen LogP contribution in [0.15, 0.2) is 36.9 Å². The fraction of sp³-hybridized carbons (Fsp3) is 0.250. The number of carbonyl (C=O) groups is 1. The Morgan fingerprint density at radius 2 is 2.00 bits per heavy atom. The molecule has 0 saturated heterocycles. The van der Waals surface area contributed by atoms with E-state index in [2.05, 4.69) is 21.9 Å². The normalized spacial score (nSPS) is 10.7. The molecule has 0 aliphatic carbocycles. The van der Waals surface area contributed by atoms with Crippen molar-refractivity contribution in [2.75, 3.05) is 6.54 Å². The number of alkyl halides is 3. The fourth-order valence-electron chi connectivity index (χ4n) is 1.28. The lowest BCUT2D eigenvalue weighted by Gasteiger charge is -2.13. The summed E-state index contributed by atoms with van der Waals surface area (Å²) in [6.45, 7) is 3.61. The van der Waals surface area contributed by atoms with Crippen LogP contribution in [-0.4, -0.2) is 18.9 Å². The van der Waals surface area contributed by atoms with Crippen molar-refractivity contribution in [2.24, 2.45) is 0 Å². The average Bonchev–Trinajstić information content (AvgIpc) is 2.33. The van der Waals surface area contributed by atoms with Crippen molar-refractivity contribution in [1.82, 2.24) is 10.6 Å². The Hall–Kier alpha value is -2.18. The van der Waals surface area contributed by atoms with E-state index >= 15 is 0 Å². The van der Waals surface area contributed by atoms with Crippen molar-refractivity contribution in [3.63, 3.8) is 0 Å². The molecule has 1 aromatic carbocycles. The van der Waals surface area contributed by atoms with Crippen LogP contribution in [0.4, 0.5) is 18.0 Å². The Labute approximate surface area is 108 Å². The van der Waals surface area contributed by atoms with Crippen LogP contribution in [-0.2, 0) is 6.54 Å². The highest BCUT2D eigenvalue weighted by Crippen LogP contribution is 2.25. The molecular weight excluding hydrogens is 261 g/mol. The molecule has 0 aliphatic rings. The quantitative estimate of drug-likeness (QED) is 0.811. The van der Waals surface area contributed by atoms with Crippen molar-refractivity contribution in [1.29, 1.82) is 0 Å². The summed E-state index contributed by atoms with van der Waals surface area (Å²) in [5.74, 6) is -0.334. The van der Waals surface area contributed by atoms with E-state index in [4.69, 9.17) is 0 Å². The second kappa shape index (κ2) is 6.67. The molecule has 0 saturated carbocycles. The van der Waals surface area contributed by atoms with Crippen LogP contribution in [0.1, 0.15) is 5.56 Å². The second-order valence-electron chi connectivity index (χ2n) is 3.51. The monoisotopic (exact) mass is 274 g/mol. The van der Waals surface area contributed by atoms with Gasteiger partial charge in [-0.3, -0.25) is 0 Å². The van der Waals surface area contributed by atoms with Crippen LogP contribution in [0.3, 0.4) is 0 Å². The van der Waals surface area contributed by atoms with Gasteiger partial charge in [-0.15, -0.1) is 19.8 Å². The molecule has 19 heavy (non-hydrogen) atoms. The lowest BCUT2D eigenvalue weighted by molar-refractivity contribution is -0.274. The van der Waals surface area contributed by atoms with E-state index in [1.54, 1.807) is 6.07 Å². The Morgan fingerprint density at radius 1 is 1.32 bits per heavy atom. The first-order chi connectivity index (χ1) is 8.92. The van der Waals surface area contributed by atoms with Crippen molar-refractivity contribution >= 4 is 6.03 Å². The van der Waals surface area contributed by atoms with E-state index in [0.29, 0.717) is 0 Å². The number of amides is 2. The molecule has 0 heterocycles. The molecule has 0 atom stereocenters. The highest BCUT2D eigenvalue weighted by molar-refractivity contribution is 5.74. The summed E-state index contributed by atoms with van der Waals surface area (Å²) in [6.07, 6.45) is -3.28. The highest BCUT2D eigenvalue weighted by Gasteiger charge is 2.31. The number of hydrogen-bond acceptors (Lipinski definition) is 2. The van der Waals surface area contributed by atoms with E-state index in [-0.39, 0.29) is 24.4 Å². The van der Waals surface area contributed by atoms with Gasteiger partial charge in [0.15, 0.2) is 0 Å². The fourth-order valence-corrected chi connectivity index (χ4v) is 1.28. The summed E-state index contributed by atoms with van der Waals surface area (Å²) in [5.41, 5.74) is 0.230. The molecule has 0 aromatic heterocycles. The van der Waals surface area contributed by atoms with E-state index < -0.39 is 12.4 Å². The number of para-hydroxylation sites is 1. The van der Waals surface area contributed by atoms with Gasteiger partial charge in [-0.2, -0.15) is 0 Å². The Bertz CT molecular complexity index is 447. The number of nitrogens with one attached hydrogen (secondary N) is 2. The molecule has 0 spiro atoms. The molecule has 0 aliphatic heterocycles. The van der Waals surface area contributed by atoms with E-state index in [9.17, 15) is 18.0 Å². The third-order valence-electron chi connectivity index (χ3n) is 2.04. The molecule has 0 fully saturated rings. The van der Waals surface area contributed by atoms with Crippen LogP contribution in [0.25, 0.3) is 0 Å². The third-order valence-corrected chi connectivity index (χ3v) is 2.04. The highest BCUT2D eigenvalue weighted by atomic mass is 19.4. The largest absolute Gasteiger partial charge is 0.573 e. The van der Waals surface area contributed by atoms with Gasteiger partial charge in [-0.25, -0.2) is 4.79 Å². The van der Waals surface area contributed by atoms with E-state index in [1.807, 2.05) is 0 Å². The summed E-state index contributed by atoms with van der Waals surface area (Å²) in [7, 11) is 0. The van der Waals surface area contributed by atoms with Gasteiger partial charge in [-0.05, 0) is 6.07 Å². The van der Waals surface area contributed by atoms with Crippen LogP contribution < -0.4 is 15.4 Å². The standard InChI is InChI=1S/C12H13F3N2O2/c1-2-7-16-11(18)17-8-9-5-3-4-6-10(9)19-12(13,14)15/h2-6H,1,7-8H2,(H2,16,17,18). The summed E-state index contributed by atoms with van der Waals surface area (Å²) >= 11 is 0. The molecule has 2 N–H and O–H groups in total. The van der Waals surface area contributed by atoms with Crippen molar-refractivity contribution < 1.29 is 22.7 Å². The van der Waals surface area contributed by atoms with E-state index in [0.717, 1.165) is 0 Å². The Kier molecular flexibility index (Phi) is 5.23. The van der Waals surface area contributed by atoms with Crippen molar-refractivity contribution in [2.45, 2.75) is 12.9 Å². The maximum absolute atomic E-state index is 12.2. The first kappa shape index (κ1) is 14.9. The van der Waals surface area contributed by atoms with Crippen LogP contribution in [0, 0.1) is 0 Å². The Balaban J connectivity index is 2.62. The minimum Gasteiger partial charge on any atom is -0.405 e. The lowest BCUT2D eigenvalue weighted by atomic mass is 10.2. The zero-order chi connectivity index (χ0) is 14.3. The number of hydrogen-bond donors (Lipinski definition) is 2. The summed E-state index contributed by atoms with van der Waals surface area (Å²) < 4.78 is 40.3. The predicted molar refractivity (Wildman–Crippen MR) is 63.6 cm³/mol.